The minimum Gasteiger partial charge on any atom is -0.383 e. The van der Waals surface area contributed by atoms with Gasteiger partial charge in [0.05, 0.1) is 18.3 Å². The summed E-state index contributed by atoms with van der Waals surface area (Å²) in [6, 6.07) is 7.43. The molecule has 0 spiro atoms. The maximum Gasteiger partial charge on any atom is 0.173 e. The molecule has 7 heteroatoms. The first kappa shape index (κ1) is 13.9. The zero-order valence-electron chi connectivity index (χ0n) is 10.9. The summed E-state index contributed by atoms with van der Waals surface area (Å²) >= 11 is 5.98. The monoisotopic (exact) mass is 281 g/mol. The van der Waals surface area contributed by atoms with E-state index >= 15 is 0 Å². The Kier molecular flexibility index (Phi) is 4.84. The van der Waals surface area contributed by atoms with E-state index in [0.717, 1.165) is 18.1 Å². The van der Waals surface area contributed by atoms with Gasteiger partial charge in [-0.1, -0.05) is 17.7 Å². The Morgan fingerprint density at radius 2 is 2.32 bits per heavy atom. The van der Waals surface area contributed by atoms with Crippen LogP contribution < -0.4 is 5.32 Å². The van der Waals surface area contributed by atoms with Crippen molar-refractivity contribution in [2.45, 2.75) is 13.0 Å². The van der Waals surface area contributed by atoms with E-state index in [9.17, 15) is 0 Å². The second-order valence-electron chi connectivity index (χ2n) is 4.10. The third-order valence-electron chi connectivity index (χ3n) is 2.69. The first-order valence-electron chi connectivity index (χ1n) is 5.99. The number of halogens is 1. The van der Waals surface area contributed by atoms with Crippen molar-refractivity contribution >= 4 is 11.6 Å². The van der Waals surface area contributed by atoms with E-state index in [0.29, 0.717) is 11.6 Å². The van der Waals surface area contributed by atoms with Crippen LogP contribution >= 0.6 is 11.6 Å². The highest BCUT2D eigenvalue weighted by molar-refractivity contribution is 6.30. The van der Waals surface area contributed by atoms with E-state index in [1.807, 2.05) is 31.2 Å². The van der Waals surface area contributed by atoms with Crippen LogP contribution in [0.5, 0.6) is 0 Å². The molecule has 1 aromatic heterocycles. The van der Waals surface area contributed by atoms with Crippen molar-refractivity contribution in [1.29, 1.82) is 0 Å². The maximum atomic E-state index is 5.98. The van der Waals surface area contributed by atoms with Gasteiger partial charge >= 0.3 is 0 Å². The van der Waals surface area contributed by atoms with Crippen molar-refractivity contribution in [3.63, 3.8) is 0 Å². The van der Waals surface area contributed by atoms with E-state index < -0.39 is 0 Å². The summed E-state index contributed by atoms with van der Waals surface area (Å²) in [6.45, 7) is 3.38. The topological polar surface area (TPSA) is 64.9 Å². The molecule has 0 saturated carbocycles. The number of nitrogens with one attached hydrogen (secondary N) is 1. The fourth-order valence-electron chi connectivity index (χ4n) is 1.72. The summed E-state index contributed by atoms with van der Waals surface area (Å²) in [5.74, 6) is 0.735. The SMILES string of the molecule is COCCNC(C)c1nnnn1-c1cccc(Cl)c1. The average molecular weight is 282 g/mol. The van der Waals surface area contributed by atoms with Crippen LogP contribution in [0.4, 0.5) is 0 Å². The van der Waals surface area contributed by atoms with Gasteiger partial charge in [-0.3, -0.25) is 0 Å². The molecule has 0 bridgehead atoms. The van der Waals surface area contributed by atoms with Crippen molar-refractivity contribution in [2.75, 3.05) is 20.3 Å². The zero-order valence-corrected chi connectivity index (χ0v) is 11.6. The lowest BCUT2D eigenvalue weighted by Gasteiger charge is -2.13. The second-order valence-corrected chi connectivity index (χ2v) is 4.53. The van der Waals surface area contributed by atoms with E-state index in [1.54, 1.807) is 11.8 Å². The molecular weight excluding hydrogens is 266 g/mol. The molecule has 0 saturated heterocycles. The average Bonchev–Trinajstić information content (AvgIpc) is 2.88. The minimum atomic E-state index is 0.0177. The molecule has 1 atom stereocenters. The number of ether oxygens (including phenoxy) is 1. The summed E-state index contributed by atoms with van der Waals surface area (Å²) in [4.78, 5) is 0. The number of methoxy groups -OCH3 is 1. The van der Waals surface area contributed by atoms with Crippen LogP contribution in [0.2, 0.25) is 5.02 Å². The molecule has 1 N–H and O–H groups in total. The van der Waals surface area contributed by atoms with E-state index in [2.05, 4.69) is 20.8 Å². The lowest BCUT2D eigenvalue weighted by Crippen LogP contribution is -2.25. The van der Waals surface area contributed by atoms with E-state index in [1.165, 1.54) is 0 Å². The van der Waals surface area contributed by atoms with Crippen LogP contribution in [0.3, 0.4) is 0 Å². The molecular formula is C12H16ClN5O. The van der Waals surface area contributed by atoms with Gasteiger partial charge < -0.3 is 10.1 Å². The van der Waals surface area contributed by atoms with Gasteiger partial charge in [-0.15, -0.1) is 5.10 Å². The molecule has 1 heterocycles. The van der Waals surface area contributed by atoms with Crippen LogP contribution in [-0.4, -0.2) is 40.5 Å². The normalized spacial score (nSPS) is 12.6. The summed E-state index contributed by atoms with van der Waals surface area (Å²) in [5.41, 5.74) is 0.841. The highest BCUT2D eigenvalue weighted by Gasteiger charge is 2.15. The number of rotatable bonds is 6. The Hall–Kier alpha value is -1.50. The van der Waals surface area contributed by atoms with Crippen molar-refractivity contribution < 1.29 is 4.74 Å². The molecule has 1 unspecified atom stereocenters. The van der Waals surface area contributed by atoms with Crippen LogP contribution in [0.15, 0.2) is 24.3 Å². The summed E-state index contributed by atoms with van der Waals surface area (Å²) < 4.78 is 6.68. The van der Waals surface area contributed by atoms with Crippen LogP contribution in [0.25, 0.3) is 5.69 Å². The fourth-order valence-corrected chi connectivity index (χ4v) is 1.91. The van der Waals surface area contributed by atoms with Crippen LogP contribution in [0.1, 0.15) is 18.8 Å². The van der Waals surface area contributed by atoms with Gasteiger partial charge in [-0.05, 0) is 35.5 Å². The van der Waals surface area contributed by atoms with Gasteiger partial charge in [0.25, 0.3) is 0 Å². The maximum absolute atomic E-state index is 5.98. The molecule has 19 heavy (non-hydrogen) atoms. The van der Waals surface area contributed by atoms with Crippen LogP contribution in [-0.2, 0) is 4.74 Å². The van der Waals surface area contributed by atoms with Gasteiger partial charge in [0.1, 0.15) is 0 Å². The standard InChI is InChI=1S/C12H16ClN5O/c1-9(14-6-7-19-2)12-15-16-17-18(12)11-5-3-4-10(13)8-11/h3-5,8-9,14H,6-7H2,1-2H3. The Bertz CT molecular complexity index is 530. The Morgan fingerprint density at radius 1 is 1.47 bits per heavy atom. The number of nitrogens with zero attached hydrogens (tertiary/aromatic N) is 4. The molecule has 0 fully saturated rings. The first-order chi connectivity index (χ1) is 9.22. The van der Waals surface area contributed by atoms with Gasteiger partial charge in [0.15, 0.2) is 5.82 Å². The molecule has 0 aliphatic rings. The summed E-state index contributed by atoms with van der Waals surface area (Å²) in [6.07, 6.45) is 0. The number of aromatic nitrogens is 4. The third kappa shape index (κ3) is 3.50. The second kappa shape index (κ2) is 6.60. The van der Waals surface area contributed by atoms with Crippen molar-refractivity contribution in [3.05, 3.63) is 35.1 Å². The molecule has 2 rings (SSSR count). The van der Waals surface area contributed by atoms with Crippen LogP contribution in [0, 0.1) is 0 Å². The Labute approximate surface area is 116 Å². The van der Waals surface area contributed by atoms with Gasteiger partial charge in [-0.2, -0.15) is 4.68 Å². The van der Waals surface area contributed by atoms with E-state index in [-0.39, 0.29) is 6.04 Å². The molecule has 2 aromatic rings. The number of hydrogen-bond donors (Lipinski definition) is 1. The largest absolute Gasteiger partial charge is 0.383 e. The molecule has 6 nitrogen and oxygen atoms in total. The predicted molar refractivity (Wildman–Crippen MR) is 72.5 cm³/mol. The van der Waals surface area contributed by atoms with Crippen molar-refractivity contribution in [1.82, 2.24) is 25.5 Å². The summed E-state index contributed by atoms with van der Waals surface area (Å²) in [7, 11) is 1.67. The quantitative estimate of drug-likeness (QED) is 0.815. The molecule has 0 aliphatic carbocycles. The minimum absolute atomic E-state index is 0.0177. The predicted octanol–water partition coefficient (Wildman–Crippen LogP) is 1.61. The van der Waals surface area contributed by atoms with Crippen molar-refractivity contribution in [3.8, 4) is 5.69 Å². The highest BCUT2D eigenvalue weighted by atomic mass is 35.5. The summed E-state index contributed by atoms with van der Waals surface area (Å²) in [5, 5.41) is 15.7. The lowest BCUT2D eigenvalue weighted by atomic mass is 10.3. The Balaban J connectivity index is 2.17. The fraction of sp³-hybridized carbons (Fsp3) is 0.417. The van der Waals surface area contributed by atoms with Gasteiger partial charge in [0, 0.05) is 18.7 Å². The zero-order chi connectivity index (χ0) is 13.7. The van der Waals surface area contributed by atoms with E-state index in [4.69, 9.17) is 16.3 Å². The molecule has 0 amide bonds. The Morgan fingerprint density at radius 3 is 3.05 bits per heavy atom. The first-order valence-corrected chi connectivity index (χ1v) is 6.36. The molecule has 0 radical (unpaired) electrons. The van der Waals surface area contributed by atoms with Gasteiger partial charge in [-0.25, -0.2) is 0 Å². The number of tetrazole rings is 1. The lowest BCUT2D eigenvalue weighted by molar-refractivity contribution is 0.196. The smallest absolute Gasteiger partial charge is 0.173 e. The van der Waals surface area contributed by atoms with Gasteiger partial charge in [0.2, 0.25) is 0 Å². The number of hydrogen-bond acceptors (Lipinski definition) is 5. The number of benzene rings is 1. The highest BCUT2D eigenvalue weighted by Crippen LogP contribution is 2.17. The third-order valence-corrected chi connectivity index (χ3v) is 2.93. The van der Waals surface area contributed by atoms with Crippen molar-refractivity contribution in [2.24, 2.45) is 0 Å². The molecule has 0 aliphatic heterocycles. The molecule has 1 aromatic carbocycles. The molecule has 102 valence electrons.